The quantitative estimate of drug-likeness (QED) is 0.0906. The van der Waals surface area contributed by atoms with Gasteiger partial charge in [0.15, 0.2) is 6.61 Å². The molecule has 1 N–H and O–H groups in total. The molecule has 5 rings (SSSR count). The highest BCUT2D eigenvalue weighted by Crippen LogP contribution is 2.29. The highest BCUT2D eigenvalue weighted by molar-refractivity contribution is 6.36. The second-order valence-electron chi connectivity index (χ2n) is 8.68. The van der Waals surface area contributed by atoms with Gasteiger partial charge in [0, 0.05) is 10.6 Å². The average Bonchev–Trinajstić information content (AvgIpc) is 2.97. The van der Waals surface area contributed by atoms with E-state index in [4.69, 9.17) is 32.7 Å². The molecule has 0 bridgehead atoms. The lowest BCUT2D eigenvalue weighted by Gasteiger charge is -2.11. The first-order chi connectivity index (χ1) is 19.5. The van der Waals surface area contributed by atoms with Crippen LogP contribution < -0.4 is 14.9 Å². The molecule has 1 amide bonds. The summed E-state index contributed by atoms with van der Waals surface area (Å²) < 4.78 is 11.3. The van der Waals surface area contributed by atoms with Crippen LogP contribution in [-0.4, -0.2) is 24.7 Å². The van der Waals surface area contributed by atoms with E-state index in [-0.39, 0.29) is 22.9 Å². The van der Waals surface area contributed by atoms with E-state index in [1.807, 2.05) is 84.9 Å². The Morgan fingerprint density at radius 3 is 2.30 bits per heavy atom. The summed E-state index contributed by atoms with van der Waals surface area (Å²) >= 11 is 12.1. The summed E-state index contributed by atoms with van der Waals surface area (Å²) in [6.45, 7) is -0.228. The molecule has 0 aliphatic heterocycles. The fourth-order valence-electron chi connectivity index (χ4n) is 4.03. The number of nitrogens with zero attached hydrogens (tertiary/aromatic N) is 1. The number of esters is 1. The van der Waals surface area contributed by atoms with Crippen molar-refractivity contribution in [3.05, 3.63) is 130 Å². The fourth-order valence-corrected chi connectivity index (χ4v) is 4.52. The number of hydrogen-bond acceptors (Lipinski definition) is 5. The molecule has 0 atom stereocenters. The summed E-state index contributed by atoms with van der Waals surface area (Å²) in [5.74, 6) is -0.289. The highest BCUT2D eigenvalue weighted by atomic mass is 35.5. The number of benzene rings is 5. The Morgan fingerprint density at radius 1 is 0.800 bits per heavy atom. The lowest BCUT2D eigenvalue weighted by atomic mass is 10.0. The van der Waals surface area contributed by atoms with E-state index >= 15 is 0 Å². The lowest BCUT2D eigenvalue weighted by molar-refractivity contribution is -0.123. The van der Waals surface area contributed by atoms with Crippen molar-refractivity contribution in [1.82, 2.24) is 5.43 Å². The predicted octanol–water partition coefficient (Wildman–Crippen LogP) is 7.56. The molecule has 0 spiro atoms. The molecule has 0 saturated heterocycles. The molecule has 5 aromatic rings. The monoisotopic (exact) mass is 568 g/mol. The summed E-state index contributed by atoms with van der Waals surface area (Å²) in [6, 6.07) is 33.0. The van der Waals surface area contributed by atoms with Crippen molar-refractivity contribution < 1.29 is 19.1 Å². The number of hydrazone groups is 1. The van der Waals surface area contributed by atoms with Gasteiger partial charge in [0.1, 0.15) is 11.5 Å². The number of ether oxygens (including phenoxy) is 2. The average molecular weight is 569 g/mol. The van der Waals surface area contributed by atoms with E-state index < -0.39 is 11.9 Å². The molecule has 198 valence electrons. The van der Waals surface area contributed by atoms with Crippen LogP contribution in [0.1, 0.15) is 15.9 Å². The zero-order valence-electron chi connectivity index (χ0n) is 21.0. The van der Waals surface area contributed by atoms with Crippen molar-refractivity contribution in [1.29, 1.82) is 0 Å². The summed E-state index contributed by atoms with van der Waals surface area (Å²) in [5.41, 5.74) is 5.28. The first kappa shape index (κ1) is 26.9. The molecule has 0 saturated carbocycles. The zero-order chi connectivity index (χ0) is 27.9. The van der Waals surface area contributed by atoms with Gasteiger partial charge in [-0.2, -0.15) is 5.10 Å². The minimum atomic E-state index is -0.651. The molecular formula is C32H22Cl2N2O4. The second kappa shape index (κ2) is 12.5. The zero-order valence-corrected chi connectivity index (χ0v) is 22.5. The lowest BCUT2D eigenvalue weighted by Crippen LogP contribution is -2.24. The molecule has 0 aliphatic carbocycles. The van der Waals surface area contributed by atoms with Crippen LogP contribution >= 0.6 is 23.2 Å². The summed E-state index contributed by atoms with van der Waals surface area (Å²) in [6.07, 6.45) is 1.43. The van der Waals surface area contributed by atoms with Gasteiger partial charge < -0.3 is 9.47 Å². The number of hydrogen-bond donors (Lipinski definition) is 1. The first-order valence-corrected chi connectivity index (χ1v) is 13.0. The highest BCUT2D eigenvalue weighted by Gasteiger charge is 2.16. The molecule has 5 aromatic carbocycles. The Balaban J connectivity index is 1.26. The first-order valence-electron chi connectivity index (χ1n) is 12.3. The molecule has 0 aromatic heterocycles. The van der Waals surface area contributed by atoms with Crippen molar-refractivity contribution in [2.75, 3.05) is 6.61 Å². The van der Waals surface area contributed by atoms with Crippen molar-refractivity contribution in [3.8, 4) is 22.6 Å². The van der Waals surface area contributed by atoms with Gasteiger partial charge in [-0.25, -0.2) is 10.2 Å². The summed E-state index contributed by atoms with van der Waals surface area (Å²) in [5, 5.41) is 6.36. The molecule has 0 fully saturated rings. The Bertz CT molecular complexity index is 1700. The van der Waals surface area contributed by atoms with Crippen molar-refractivity contribution in [2.45, 2.75) is 0 Å². The summed E-state index contributed by atoms with van der Waals surface area (Å²) in [7, 11) is 0. The molecule has 0 unspecified atom stereocenters. The van der Waals surface area contributed by atoms with Crippen LogP contribution in [0.4, 0.5) is 0 Å². The van der Waals surface area contributed by atoms with Crippen molar-refractivity contribution in [3.63, 3.8) is 0 Å². The normalized spacial score (nSPS) is 10.9. The molecular weight excluding hydrogens is 547 g/mol. The smallest absolute Gasteiger partial charge is 0.345 e. The van der Waals surface area contributed by atoms with Gasteiger partial charge in [-0.3, -0.25) is 4.79 Å². The van der Waals surface area contributed by atoms with E-state index in [1.165, 1.54) is 18.3 Å². The number of amides is 1. The minimum Gasteiger partial charge on any atom is -0.484 e. The number of fused-ring (bicyclic) bond motifs is 1. The van der Waals surface area contributed by atoms with E-state index in [2.05, 4.69) is 10.5 Å². The molecule has 0 aliphatic rings. The molecule has 8 heteroatoms. The largest absolute Gasteiger partial charge is 0.484 e. The Labute approximate surface area is 240 Å². The summed E-state index contributed by atoms with van der Waals surface area (Å²) in [4.78, 5) is 25.3. The van der Waals surface area contributed by atoms with E-state index in [0.717, 1.165) is 21.9 Å². The van der Waals surface area contributed by atoms with Gasteiger partial charge in [0.25, 0.3) is 5.91 Å². The van der Waals surface area contributed by atoms with Gasteiger partial charge in [-0.05, 0) is 58.3 Å². The standard InChI is InChI=1S/C32H22Cl2N2O4/c33-24-13-16-27(29(34)18-24)32(38)40-30-17-12-23-8-4-5-9-26(23)28(30)19-35-36-31(37)20-39-25-14-10-22(11-15-25)21-6-2-1-3-7-21/h1-19H,20H2,(H,36,37)/b35-19+. The van der Waals surface area contributed by atoms with Gasteiger partial charge >= 0.3 is 5.97 Å². The minimum absolute atomic E-state index is 0.171. The van der Waals surface area contributed by atoms with Gasteiger partial charge in [0.2, 0.25) is 0 Å². The third kappa shape index (κ3) is 6.49. The van der Waals surface area contributed by atoms with Crippen molar-refractivity contribution >= 4 is 52.1 Å². The number of halogens is 2. The molecule has 6 nitrogen and oxygen atoms in total. The number of carbonyl (C=O) groups is 2. The van der Waals surface area contributed by atoms with Gasteiger partial charge in [0.05, 0.1) is 16.8 Å². The van der Waals surface area contributed by atoms with Crippen LogP contribution in [0.15, 0.2) is 114 Å². The van der Waals surface area contributed by atoms with Crippen LogP contribution in [0.5, 0.6) is 11.5 Å². The third-order valence-electron chi connectivity index (χ3n) is 6.00. The number of rotatable bonds is 8. The van der Waals surface area contributed by atoms with E-state index in [0.29, 0.717) is 16.3 Å². The number of carbonyl (C=O) groups excluding carboxylic acids is 2. The van der Waals surface area contributed by atoms with Gasteiger partial charge in [-0.1, -0.05) is 96.0 Å². The fraction of sp³-hybridized carbons (Fsp3) is 0.0312. The third-order valence-corrected chi connectivity index (χ3v) is 6.55. The van der Waals surface area contributed by atoms with Crippen molar-refractivity contribution in [2.24, 2.45) is 5.10 Å². The second-order valence-corrected chi connectivity index (χ2v) is 9.53. The van der Waals surface area contributed by atoms with Crippen LogP contribution in [0.2, 0.25) is 10.0 Å². The van der Waals surface area contributed by atoms with E-state index in [1.54, 1.807) is 12.1 Å². The maximum atomic E-state index is 12.9. The van der Waals surface area contributed by atoms with Crippen LogP contribution in [0.3, 0.4) is 0 Å². The molecule has 40 heavy (non-hydrogen) atoms. The van der Waals surface area contributed by atoms with Crippen LogP contribution in [0.25, 0.3) is 21.9 Å². The SMILES string of the molecule is O=C(COc1ccc(-c2ccccc2)cc1)N/N=C/c1c(OC(=O)c2ccc(Cl)cc2Cl)ccc2ccccc12. The van der Waals surface area contributed by atoms with Crippen LogP contribution in [0, 0.1) is 0 Å². The Kier molecular flexibility index (Phi) is 8.40. The number of nitrogens with one attached hydrogen (secondary N) is 1. The maximum Gasteiger partial charge on any atom is 0.345 e. The van der Waals surface area contributed by atoms with Crippen LogP contribution in [-0.2, 0) is 4.79 Å². The Morgan fingerprint density at radius 2 is 1.52 bits per heavy atom. The molecule has 0 radical (unpaired) electrons. The maximum absolute atomic E-state index is 12.9. The predicted molar refractivity (Wildman–Crippen MR) is 158 cm³/mol. The molecule has 0 heterocycles. The van der Waals surface area contributed by atoms with Gasteiger partial charge in [-0.15, -0.1) is 0 Å². The topological polar surface area (TPSA) is 77.0 Å². The Hall–Kier alpha value is -4.65. The van der Waals surface area contributed by atoms with E-state index in [9.17, 15) is 9.59 Å².